The number of benzene rings is 4. The summed E-state index contributed by atoms with van der Waals surface area (Å²) in [7, 11) is 0. The average Bonchev–Trinajstić information content (AvgIpc) is 3.02. The first-order chi connectivity index (χ1) is 20.8. The van der Waals surface area contributed by atoms with Crippen LogP contribution in [-0.2, 0) is 22.7 Å². The van der Waals surface area contributed by atoms with Crippen LogP contribution in [0.5, 0.6) is 11.5 Å². The number of halogens is 1. The highest BCUT2D eigenvalue weighted by molar-refractivity contribution is 8.93. The monoisotopic (exact) mass is 645 g/mol. The Balaban J connectivity index is 0.00000368. The van der Waals surface area contributed by atoms with E-state index in [2.05, 4.69) is 78.1 Å². The molecule has 2 aliphatic rings. The van der Waals surface area contributed by atoms with Crippen LogP contribution in [-0.4, -0.2) is 39.0 Å². The third-order valence-corrected chi connectivity index (χ3v) is 8.64. The first-order valence-corrected chi connectivity index (χ1v) is 15.6. The number of para-hydroxylation sites is 1. The quantitative estimate of drug-likeness (QED) is 0.140. The predicted molar refractivity (Wildman–Crippen MR) is 179 cm³/mol. The fraction of sp³-hybridized carbons (Fsp3) is 0.405. The number of fused-ring (bicyclic) bond motifs is 1. The third kappa shape index (κ3) is 8.82. The van der Waals surface area contributed by atoms with Gasteiger partial charge in [0.05, 0.1) is 39.1 Å². The summed E-state index contributed by atoms with van der Waals surface area (Å²) in [5.74, 6) is 2.95. The summed E-state index contributed by atoms with van der Waals surface area (Å²) in [5.41, 5.74) is 3.65. The Labute approximate surface area is 266 Å². The number of piperidine rings is 1. The molecule has 1 N–H and O–H groups in total. The van der Waals surface area contributed by atoms with E-state index in [1.54, 1.807) is 0 Å². The molecule has 0 radical (unpaired) electrons. The van der Waals surface area contributed by atoms with E-state index in [1.165, 1.54) is 41.2 Å². The van der Waals surface area contributed by atoms with Gasteiger partial charge in [-0.15, -0.1) is 17.0 Å². The molecule has 1 aliphatic heterocycles. The van der Waals surface area contributed by atoms with Crippen molar-refractivity contribution in [1.82, 2.24) is 5.32 Å². The van der Waals surface area contributed by atoms with Crippen LogP contribution in [0.15, 0.2) is 91.0 Å². The molecule has 1 saturated heterocycles. The minimum absolute atomic E-state index is 0. The SMILES string of the molecule is Br.c1ccc(OCC2CCC2)c(COCCCOc2ccc(C3CCNCC3OCc3ccc4ccccc4c3)cc2)c1. The van der Waals surface area contributed by atoms with Crippen molar-refractivity contribution < 1.29 is 18.9 Å². The van der Waals surface area contributed by atoms with Crippen molar-refractivity contribution in [3.05, 3.63) is 108 Å². The summed E-state index contributed by atoms with van der Waals surface area (Å²) in [6, 6.07) is 31.9. The van der Waals surface area contributed by atoms with Crippen molar-refractivity contribution in [1.29, 1.82) is 0 Å². The van der Waals surface area contributed by atoms with Gasteiger partial charge in [-0.2, -0.15) is 0 Å². The standard InChI is InChI=1S/C37H43NO4.BrH/c1-2-10-32-23-29(13-14-30(32)9-1)26-42-37-24-38-20-19-35(37)31-15-17-34(18-16-31)40-22-6-21-39-27-33-11-3-4-12-36(33)41-25-28-7-5-8-28;/h1-4,9-18,23,28,35,37-38H,5-8,19-22,24-27H2;1H. The zero-order valence-electron chi connectivity index (χ0n) is 24.9. The zero-order chi connectivity index (χ0) is 28.4. The Bertz CT molecular complexity index is 1410. The molecule has 2 unspecified atom stereocenters. The summed E-state index contributed by atoms with van der Waals surface area (Å²) in [5, 5.41) is 6.04. The van der Waals surface area contributed by atoms with Crippen LogP contribution >= 0.6 is 17.0 Å². The Morgan fingerprint density at radius 2 is 1.56 bits per heavy atom. The van der Waals surface area contributed by atoms with E-state index in [4.69, 9.17) is 18.9 Å². The first kappa shape index (κ1) is 31.5. The molecule has 5 nitrogen and oxygen atoms in total. The lowest BCUT2D eigenvalue weighted by Crippen LogP contribution is -2.40. The minimum atomic E-state index is 0. The highest BCUT2D eigenvalue weighted by Crippen LogP contribution is 2.31. The van der Waals surface area contributed by atoms with Gasteiger partial charge >= 0.3 is 0 Å². The van der Waals surface area contributed by atoms with Crippen molar-refractivity contribution in [2.24, 2.45) is 5.92 Å². The van der Waals surface area contributed by atoms with Crippen LogP contribution in [0.2, 0.25) is 0 Å². The van der Waals surface area contributed by atoms with Crippen molar-refractivity contribution in [3.63, 3.8) is 0 Å². The van der Waals surface area contributed by atoms with E-state index in [-0.39, 0.29) is 23.1 Å². The summed E-state index contributed by atoms with van der Waals surface area (Å²) >= 11 is 0. The van der Waals surface area contributed by atoms with Gasteiger partial charge in [0.15, 0.2) is 0 Å². The number of nitrogens with one attached hydrogen (secondary N) is 1. The van der Waals surface area contributed by atoms with E-state index in [0.717, 1.165) is 55.5 Å². The molecule has 2 atom stereocenters. The lowest BCUT2D eigenvalue weighted by atomic mass is 9.86. The molecule has 228 valence electrons. The molecular formula is C37H44BrNO4. The Morgan fingerprint density at radius 3 is 2.40 bits per heavy atom. The van der Waals surface area contributed by atoms with Gasteiger partial charge in [0, 0.05) is 24.4 Å². The largest absolute Gasteiger partial charge is 0.494 e. The fourth-order valence-electron chi connectivity index (χ4n) is 5.89. The van der Waals surface area contributed by atoms with Crippen LogP contribution < -0.4 is 14.8 Å². The zero-order valence-corrected chi connectivity index (χ0v) is 26.6. The molecule has 2 fully saturated rings. The second-order valence-electron chi connectivity index (χ2n) is 11.7. The second kappa shape index (κ2) is 16.2. The lowest BCUT2D eigenvalue weighted by Gasteiger charge is -2.32. The van der Waals surface area contributed by atoms with Gasteiger partial charge in [-0.05, 0) is 77.9 Å². The molecule has 0 aromatic heterocycles. The van der Waals surface area contributed by atoms with Gasteiger partial charge in [0.25, 0.3) is 0 Å². The molecule has 0 bridgehead atoms. The van der Waals surface area contributed by atoms with E-state index < -0.39 is 0 Å². The lowest BCUT2D eigenvalue weighted by molar-refractivity contribution is 0.0106. The molecule has 1 saturated carbocycles. The van der Waals surface area contributed by atoms with E-state index in [1.807, 2.05) is 18.2 Å². The van der Waals surface area contributed by atoms with Crippen LogP contribution in [0.4, 0.5) is 0 Å². The summed E-state index contributed by atoms with van der Waals surface area (Å²) in [6.45, 7) is 5.17. The second-order valence-corrected chi connectivity index (χ2v) is 11.7. The van der Waals surface area contributed by atoms with E-state index in [9.17, 15) is 0 Å². The van der Waals surface area contributed by atoms with Gasteiger partial charge < -0.3 is 24.3 Å². The number of rotatable bonds is 14. The number of hydrogen-bond donors (Lipinski definition) is 1. The molecule has 6 rings (SSSR count). The first-order valence-electron chi connectivity index (χ1n) is 15.6. The van der Waals surface area contributed by atoms with Crippen LogP contribution in [0, 0.1) is 5.92 Å². The summed E-state index contributed by atoms with van der Waals surface area (Å²) < 4.78 is 24.5. The molecule has 4 aromatic carbocycles. The van der Waals surface area contributed by atoms with Gasteiger partial charge in [0.1, 0.15) is 11.5 Å². The smallest absolute Gasteiger partial charge is 0.124 e. The van der Waals surface area contributed by atoms with Crippen molar-refractivity contribution in [3.8, 4) is 11.5 Å². The summed E-state index contributed by atoms with van der Waals surface area (Å²) in [4.78, 5) is 0. The highest BCUT2D eigenvalue weighted by atomic mass is 79.9. The van der Waals surface area contributed by atoms with E-state index in [0.29, 0.717) is 32.3 Å². The number of hydrogen-bond acceptors (Lipinski definition) is 5. The van der Waals surface area contributed by atoms with Crippen molar-refractivity contribution in [2.45, 2.75) is 57.3 Å². The van der Waals surface area contributed by atoms with Gasteiger partial charge in [0.2, 0.25) is 0 Å². The molecule has 0 spiro atoms. The molecule has 6 heteroatoms. The van der Waals surface area contributed by atoms with Crippen molar-refractivity contribution in [2.75, 3.05) is 32.9 Å². The molecule has 1 heterocycles. The predicted octanol–water partition coefficient (Wildman–Crippen LogP) is 8.24. The van der Waals surface area contributed by atoms with E-state index >= 15 is 0 Å². The average molecular weight is 647 g/mol. The summed E-state index contributed by atoms with van der Waals surface area (Å²) in [6.07, 6.45) is 5.97. The highest BCUT2D eigenvalue weighted by Gasteiger charge is 2.27. The molecule has 43 heavy (non-hydrogen) atoms. The molecule has 0 amide bonds. The fourth-order valence-corrected chi connectivity index (χ4v) is 5.89. The van der Waals surface area contributed by atoms with Crippen molar-refractivity contribution >= 4 is 27.8 Å². The normalized spacial score (nSPS) is 18.5. The maximum Gasteiger partial charge on any atom is 0.124 e. The molecule has 4 aromatic rings. The topological polar surface area (TPSA) is 49.0 Å². The molecular weight excluding hydrogens is 602 g/mol. The Kier molecular flexibility index (Phi) is 11.9. The maximum absolute atomic E-state index is 6.47. The minimum Gasteiger partial charge on any atom is -0.494 e. The maximum atomic E-state index is 6.47. The third-order valence-electron chi connectivity index (χ3n) is 8.64. The van der Waals surface area contributed by atoms with Crippen LogP contribution in [0.1, 0.15) is 54.7 Å². The van der Waals surface area contributed by atoms with Crippen LogP contribution in [0.25, 0.3) is 10.8 Å². The van der Waals surface area contributed by atoms with Gasteiger partial charge in [-0.3, -0.25) is 0 Å². The number of ether oxygens (including phenoxy) is 4. The van der Waals surface area contributed by atoms with Gasteiger partial charge in [-0.1, -0.05) is 73.2 Å². The Hall–Kier alpha value is -2.90. The van der Waals surface area contributed by atoms with Gasteiger partial charge in [-0.25, -0.2) is 0 Å². The van der Waals surface area contributed by atoms with Crippen LogP contribution in [0.3, 0.4) is 0 Å². The molecule has 1 aliphatic carbocycles. The Morgan fingerprint density at radius 1 is 0.744 bits per heavy atom.